The number of halogens is 6. The second-order valence-corrected chi connectivity index (χ2v) is 5.89. The van der Waals surface area contributed by atoms with Crippen LogP contribution in [0.15, 0.2) is 24.2 Å². The maximum absolute atomic E-state index is 12.9. The summed E-state index contributed by atoms with van der Waals surface area (Å²) in [6.07, 6.45) is -8.21. The third kappa shape index (κ3) is 3.77. The number of urea groups is 1. The van der Waals surface area contributed by atoms with Crippen LogP contribution >= 0.6 is 0 Å². The topological polar surface area (TPSA) is 84.2 Å². The third-order valence-electron chi connectivity index (χ3n) is 3.89. The number of pyridine rings is 1. The molecule has 3 heterocycles. The van der Waals surface area contributed by atoms with Crippen molar-refractivity contribution in [1.82, 2.24) is 29.5 Å². The smallest absolute Gasteiger partial charge is 0.291 e. The Kier molecular flexibility index (Phi) is 4.59. The molecule has 3 amide bonds. The number of aromatic nitrogens is 4. The normalized spacial score (nSPS) is 17.0. The summed E-state index contributed by atoms with van der Waals surface area (Å²) in [4.78, 5) is 31.8. The Hall–Kier alpha value is -3.45. The quantitative estimate of drug-likeness (QED) is 0.424. The summed E-state index contributed by atoms with van der Waals surface area (Å²) in [5, 5.41) is 3.77. The van der Waals surface area contributed by atoms with Gasteiger partial charge in [-0.2, -0.15) is 26.3 Å². The first kappa shape index (κ1) is 20.3. The van der Waals surface area contributed by atoms with E-state index in [2.05, 4.69) is 15.1 Å². The fourth-order valence-electron chi connectivity index (χ4n) is 2.42. The Morgan fingerprint density at radius 3 is 1.93 bits per heavy atom. The van der Waals surface area contributed by atoms with Gasteiger partial charge in [-0.3, -0.25) is 14.6 Å². The number of hydrogen-bond donors (Lipinski definition) is 0. The van der Waals surface area contributed by atoms with Crippen molar-refractivity contribution in [2.45, 2.75) is 12.4 Å². The minimum absolute atomic E-state index is 0.115. The molecule has 0 unspecified atom stereocenters. The highest BCUT2D eigenvalue weighted by Crippen LogP contribution is 2.35. The maximum Gasteiger partial charge on any atom is 0.433 e. The van der Waals surface area contributed by atoms with Gasteiger partial charge < -0.3 is 0 Å². The van der Waals surface area contributed by atoms with E-state index in [9.17, 15) is 35.9 Å². The molecule has 0 saturated carbocycles. The molecule has 0 spiro atoms. The van der Waals surface area contributed by atoms with E-state index in [1.165, 1.54) is 14.1 Å². The van der Waals surface area contributed by atoms with Gasteiger partial charge in [0.1, 0.15) is 23.4 Å². The molecule has 0 N–H and O–H groups in total. The van der Waals surface area contributed by atoms with E-state index in [1.54, 1.807) is 0 Å². The van der Waals surface area contributed by atoms with Gasteiger partial charge in [0.05, 0.1) is 6.20 Å². The molecule has 2 aromatic heterocycles. The van der Waals surface area contributed by atoms with Gasteiger partial charge in [0, 0.05) is 19.7 Å². The van der Waals surface area contributed by atoms with Crippen molar-refractivity contribution in [2.75, 3.05) is 14.1 Å². The van der Waals surface area contributed by atoms with Gasteiger partial charge in [0.2, 0.25) is 0 Å². The van der Waals surface area contributed by atoms with Crippen LogP contribution in [0.1, 0.15) is 11.4 Å². The molecule has 14 heteroatoms. The summed E-state index contributed by atoms with van der Waals surface area (Å²) in [6.45, 7) is 0. The van der Waals surface area contributed by atoms with Crippen LogP contribution in [0, 0.1) is 0 Å². The summed E-state index contributed by atoms with van der Waals surface area (Å²) in [6, 6.07) is 0.138. The van der Waals surface area contributed by atoms with Gasteiger partial charge >= 0.3 is 18.4 Å². The van der Waals surface area contributed by atoms with Crippen LogP contribution in [0.2, 0.25) is 0 Å². The first-order chi connectivity index (χ1) is 13.3. The van der Waals surface area contributed by atoms with Crippen LogP contribution in [0.4, 0.5) is 31.1 Å². The summed E-state index contributed by atoms with van der Waals surface area (Å²) < 4.78 is 78.4. The largest absolute Gasteiger partial charge is 0.433 e. The minimum Gasteiger partial charge on any atom is -0.291 e. The number of likely N-dealkylation sites (N-methyl/N-ethyl adjacent to an activating group) is 2. The lowest BCUT2D eigenvalue weighted by Gasteiger charge is -2.11. The maximum atomic E-state index is 12.9. The van der Waals surface area contributed by atoms with Crippen molar-refractivity contribution in [3.63, 3.8) is 0 Å². The molecule has 1 aliphatic heterocycles. The predicted octanol–water partition coefficient (Wildman–Crippen LogP) is 2.70. The fraction of sp³-hybridized carbons (Fsp3) is 0.267. The van der Waals surface area contributed by atoms with E-state index >= 15 is 0 Å². The molecule has 29 heavy (non-hydrogen) atoms. The van der Waals surface area contributed by atoms with E-state index in [4.69, 9.17) is 0 Å². The average molecular weight is 420 g/mol. The van der Waals surface area contributed by atoms with Crippen molar-refractivity contribution >= 4 is 18.1 Å². The van der Waals surface area contributed by atoms with Gasteiger partial charge in [-0.15, -0.1) is 5.10 Å². The number of imide groups is 1. The number of hydrogen-bond acceptors (Lipinski definition) is 5. The lowest BCUT2D eigenvalue weighted by molar-refractivity contribution is -0.150. The molecule has 1 fully saturated rings. The SMILES string of the molecule is CN1C(=O)/C(=C\n2cnc(-c3cc(C(F)(F)F)nc(C(F)(F)F)c3)n2)N(C)C1=O. The van der Waals surface area contributed by atoms with Gasteiger partial charge in [0.25, 0.3) is 5.91 Å². The number of alkyl halides is 6. The molecular formula is C15H10F6N6O2. The molecule has 0 atom stereocenters. The average Bonchev–Trinajstić information content (AvgIpc) is 3.16. The molecular weight excluding hydrogens is 410 g/mol. The fourth-order valence-corrected chi connectivity index (χ4v) is 2.42. The van der Waals surface area contributed by atoms with Crippen LogP contribution < -0.4 is 0 Å². The molecule has 1 aliphatic rings. The molecule has 1 saturated heterocycles. The molecule has 8 nitrogen and oxygen atoms in total. The molecule has 2 aromatic rings. The second kappa shape index (κ2) is 6.56. The lowest BCUT2D eigenvalue weighted by atomic mass is 10.1. The Morgan fingerprint density at radius 2 is 1.48 bits per heavy atom. The van der Waals surface area contributed by atoms with E-state index in [0.29, 0.717) is 12.1 Å². The standard InChI is InChI=1S/C15H10F6N6O2/c1-25-8(12(28)26(2)13(25)29)5-27-6-22-11(24-27)7-3-9(14(16,17)18)23-10(4-7)15(19,20)21/h3-6H,1-2H3/b8-5+. The Balaban J connectivity index is 2.04. The summed E-state index contributed by atoms with van der Waals surface area (Å²) in [7, 11) is 2.55. The van der Waals surface area contributed by atoms with E-state index in [-0.39, 0.29) is 5.70 Å². The Morgan fingerprint density at radius 1 is 0.931 bits per heavy atom. The third-order valence-corrected chi connectivity index (χ3v) is 3.89. The number of carbonyl (C=O) groups excluding carboxylic acids is 2. The Bertz CT molecular complexity index is 993. The van der Waals surface area contributed by atoms with Crippen LogP contribution in [-0.4, -0.2) is 55.6 Å². The first-order valence-corrected chi connectivity index (χ1v) is 7.64. The molecule has 154 valence electrons. The zero-order valence-corrected chi connectivity index (χ0v) is 14.6. The summed E-state index contributed by atoms with van der Waals surface area (Å²) in [5.41, 5.74) is -4.20. The molecule has 0 bridgehead atoms. The van der Waals surface area contributed by atoms with Crippen molar-refractivity contribution in [3.8, 4) is 11.4 Å². The summed E-state index contributed by atoms with van der Waals surface area (Å²) in [5.74, 6) is -1.13. The van der Waals surface area contributed by atoms with Crippen molar-refractivity contribution in [2.24, 2.45) is 0 Å². The van der Waals surface area contributed by atoms with Crippen LogP contribution in [0.5, 0.6) is 0 Å². The van der Waals surface area contributed by atoms with Crippen LogP contribution in [-0.2, 0) is 17.1 Å². The van der Waals surface area contributed by atoms with Gasteiger partial charge in [-0.25, -0.2) is 19.4 Å². The molecule has 3 rings (SSSR count). The van der Waals surface area contributed by atoms with E-state index in [1.807, 2.05) is 0 Å². The van der Waals surface area contributed by atoms with Gasteiger partial charge in [0.15, 0.2) is 5.82 Å². The number of amides is 3. The number of carbonyl (C=O) groups is 2. The monoisotopic (exact) mass is 420 g/mol. The van der Waals surface area contributed by atoms with Gasteiger partial charge in [-0.1, -0.05) is 0 Å². The van der Waals surface area contributed by atoms with Gasteiger partial charge in [-0.05, 0) is 12.1 Å². The van der Waals surface area contributed by atoms with Crippen LogP contribution in [0.3, 0.4) is 0 Å². The second-order valence-electron chi connectivity index (χ2n) is 5.89. The van der Waals surface area contributed by atoms with Crippen LogP contribution in [0.25, 0.3) is 17.6 Å². The van der Waals surface area contributed by atoms with E-state index < -0.39 is 47.1 Å². The highest BCUT2D eigenvalue weighted by Gasteiger charge is 2.39. The highest BCUT2D eigenvalue weighted by atomic mass is 19.4. The predicted molar refractivity (Wildman–Crippen MR) is 83.5 cm³/mol. The highest BCUT2D eigenvalue weighted by molar-refractivity contribution is 6.12. The minimum atomic E-state index is -5.12. The summed E-state index contributed by atoms with van der Waals surface area (Å²) >= 11 is 0. The number of nitrogens with zero attached hydrogens (tertiary/aromatic N) is 6. The van der Waals surface area contributed by atoms with Crippen molar-refractivity contribution in [1.29, 1.82) is 0 Å². The lowest BCUT2D eigenvalue weighted by Crippen LogP contribution is -2.27. The van der Waals surface area contributed by atoms with E-state index in [0.717, 1.165) is 27.0 Å². The van der Waals surface area contributed by atoms with Crippen molar-refractivity contribution in [3.05, 3.63) is 35.5 Å². The first-order valence-electron chi connectivity index (χ1n) is 7.64. The molecule has 0 aliphatic carbocycles. The zero-order chi connectivity index (χ0) is 21.7. The zero-order valence-electron chi connectivity index (χ0n) is 14.6. The molecule has 0 radical (unpaired) electrons. The van der Waals surface area contributed by atoms with Crippen molar-refractivity contribution < 1.29 is 35.9 Å². The Labute approximate surface area is 158 Å². The molecule has 0 aromatic carbocycles. The number of rotatable bonds is 2.